The number of rotatable bonds is 6. The molecular weight excluding hydrogens is 298 g/mol. The zero-order chi connectivity index (χ0) is 15.4. The van der Waals surface area contributed by atoms with Crippen LogP contribution in [0.25, 0.3) is 0 Å². The van der Waals surface area contributed by atoms with E-state index in [1.165, 1.54) is 0 Å². The summed E-state index contributed by atoms with van der Waals surface area (Å²) in [7, 11) is 0. The van der Waals surface area contributed by atoms with E-state index >= 15 is 0 Å². The molecule has 1 aromatic carbocycles. The molecular formula is C17H19NO3S. The minimum absolute atomic E-state index is 0.0350. The number of ether oxygens (including phenoxy) is 1. The first kappa shape index (κ1) is 15.0. The van der Waals surface area contributed by atoms with Gasteiger partial charge in [-0.15, -0.1) is 11.8 Å². The molecule has 2 heterocycles. The highest BCUT2D eigenvalue weighted by Gasteiger charge is 2.34. The first-order chi connectivity index (χ1) is 10.8. The van der Waals surface area contributed by atoms with Crippen LogP contribution >= 0.6 is 11.8 Å². The lowest BCUT2D eigenvalue weighted by Gasteiger charge is -2.22. The fraction of sp³-hybridized carbons (Fsp3) is 0.353. The van der Waals surface area contributed by atoms with E-state index in [9.17, 15) is 4.79 Å². The molecule has 1 saturated heterocycles. The summed E-state index contributed by atoms with van der Waals surface area (Å²) < 4.78 is 11.5. The number of furan rings is 1. The Morgan fingerprint density at radius 1 is 1.27 bits per heavy atom. The Balaban J connectivity index is 1.61. The van der Waals surface area contributed by atoms with Crippen molar-refractivity contribution in [1.82, 2.24) is 4.90 Å². The molecule has 1 aliphatic heterocycles. The summed E-state index contributed by atoms with van der Waals surface area (Å²) in [6.07, 6.45) is 0.864. The van der Waals surface area contributed by atoms with Gasteiger partial charge in [0, 0.05) is 6.42 Å². The number of thioether (sulfide) groups is 1. The predicted octanol–water partition coefficient (Wildman–Crippen LogP) is 3.50. The molecule has 1 aromatic heterocycles. The van der Waals surface area contributed by atoms with Crippen LogP contribution in [-0.2, 0) is 11.2 Å². The van der Waals surface area contributed by atoms with Gasteiger partial charge in [-0.05, 0) is 24.3 Å². The summed E-state index contributed by atoms with van der Waals surface area (Å²) >= 11 is 1.61. The fourth-order valence-electron chi connectivity index (χ4n) is 2.43. The molecule has 5 heteroatoms. The number of hydrogen-bond acceptors (Lipinski definition) is 4. The highest BCUT2D eigenvalue weighted by atomic mass is 32.2. The van der Waals surface area contributed by atoms with Gasteiger partial charge in [-0.3, -0.25) is 4.79 Å². The number of aryl methyl sites for hydroxylation is 1. The van der Waals surface area contributed by atoms with Gasteiger partial charge in [0.1, 0.15) is 29.3 Å². The van der Waals surface area contributed by atoms with E-state index in [-0.39, 0.29) is 11.3 Å². The van der Waals surface area contributed by atoms with Gasteiger partial charge in [0.2, 0.25) is 5.91 Å². The Bertz CT molecular complexity index is 626. The molecule has 0 saturated carbocycles. The van der Waals surface area contributed by atoms with Gasteiger partial charge in [0.25, 0.3) is 0 Å². The normalized spacial score (nSPS) is 18.0. The van der Waals surface area contributed by atoms with Crippen molar-refractivity contribution in [3.63, 3.8) is 0 Å². The van der Waals surface area contributed by atoms with Crippen LogP contribution < -0.4 is 4.74 Å². The molecule has 0 bridgehead atoms. The summed E-state index contributed by atoms with van der Waals surface area (Å²) in [6, 6.07) is 13.6. The van der Waals surface area contributed by atoms with Crippen LogP contribution in [0.15, 0.2) is 46.9 Å². The number of amides is 1. The van der Waals surface area contributed by atoms with Gasteiger partial charge in [0.05, 0.1) is 12.3 Å². The van der Waals surface area contributed by atoms with Crippen molar-refractivity contribution in [3.8, 4) is 5.75 Å². The number of carbonyl (C=O) groups is 1. The van der Waals surface area contributed by atoms with Crippen LogP contribution in [0.4, 0.5) is 0 Å². The van der Waals surface area contributed by atoms with E-state index in [1.54, 1.807) is 11.8 Å². The van der Waals surface area contributed by atoms with Crippen molar-refractivity contribution in [2.45, 2.75) is 18.7 Å². The molecule has 1 aliphatic rings. The number of nitrogens with zero attached hydrogens (tertiary/aromatic N) is 1. The van der Waals surface area contributed by atoms with Gasteiger partial charge >= 0.3 is 0 Å². The Morgan fingerprint density at radius 3 is 2.82 bits per heavy atom. The zero-order valence-electron chi connectivity index (χ0n) is 12.5. The number of carbonyl (C=O) groups excluding carboxylic acids is 1. The van der Waals surface area contributed by atoms with Crippen molar-refractivity contribution in [3.05, 3.63) is 54.0 Å². The highest BCUT2D eigenvalue weighted by Crippen LogP contribution is 2.39. The standard InChI is InChI=1S/C17H19NO3S/c1-2-13-8-9-15(21-13)17-18(16(19)12-22-17)10-11-20-14-6-4-3-5-7-14/h3-9,17H,2,10-12H2,1H3. The molecule has 116 valence electrons. The molecule has 3 rings (SSSR count). The molecule has 1 atom stereocenters. The first-order valence-corrected chi connectivity index (χ1v) is 8.50. The van der Waals surface area contributed by atoms with Crippen LogP contribution in [0, 0.1) is 0 Å². The van der Waals surface area contributed by atoms with Gasteiger partial charge in [-0.1, -0.05) is 25.1 Å². The lowest BCUT2D eigenvalue weighted by Crippen LogP contribution is -2.32. The van der Waals surface area contributed by atoms with Crippen LogP contribution in [0.1, 0.15) is 23.8 Å². The molecule has 0 aliphatic carbocycles. The Labute approximate surface area is 134 Å². The number of benzene rings is 1. The molecule has 1 unspecified atom stereocenters. The summed E-state index contributed by atoms with van der Waals surface area (Å²) in [5.41, 5.74) is 0. The van der Waals surface area contributed by atoms with Crippen molar-refractivity contribution in [2.24, 2.45) is 0 Å². The molecule has 0 spiro atoms. The molecule has 4 nitrogen and oxygen atoms in total. The minimum atomic E-state index is -0.0350. The second-order valence-electron chi connectivity index (χ2n) is 5.07. The maximum absolute atomic E-state index is 12.1. The molecule has 2 aromatic rings. The third kappa shape index (κ3) is 3.30. The lowest BCUT2D eigenvalue weighted by molar-refractivity contribution is -0.128. The molecule has 0 radical (unpaired) electrons. The lowest BCUT2D eigenvalue weighted by atomic mass is 10.3. The van der Waals surface area contributed by atoms with Crippen LogP contribution in [0.2, 0.25) is 0 Å². The first-order valence-electron chi connectivity index (χ1n) is 7.45. The Kier molecular flexibility index (Phi) is 4.73. The molecule has 22 heavy (non-hydrogen) atoms. The van der Waals surface area contributed by atoms with Crippen LogP contribution in [-0.4, -0.2) is 29.7 Å². The molecule has 1 amide bonds. The van der Waals surface area contributed by atoms with E-state index in [0.717, 1.165) is 23.7 Å². The number of hydrogen-bond donors (Lipinski definition) is 0. The van der Waals surface area contributed by atoms with E-state index < -0.39 is 0 Å². The van der Waals surface area contributed by atoms with E-state index in [0.29, 0.717) is 18.9 Å². The smallest absolute Gasteiger partial charge is 0.234 e. The SMILES string of the molecule is CCc1ccc(C2SCC(=O)N2CCOc2ccccc2)o1. The average Bonchev–Trinajstić information content (AvgIpc) is 3.16. The summed E-state index contributed by atoms with van der Waals surface area (Å²) in [5, 5.41) is -0.0350. The van der Waals surface area contributed by atoms with Crippen LogP contribution in [0.3, 0.4) is 0 Å². The highest BCUT2D eigenvalue weighted by molar-refractivity contribution is 8.00. The van der Waals surface area contributed by atoms with Crippen molar-refractivity contribution >= 4 is 17.7 Å². The van der Waals surface area contributed by atoms with Crippen molar-refractivity contribution < 1.29 is 13.9 Å². The summed E-state index contributed by atoms with van der Waals surface area (Å²) in [6.45, 7) is 3.10. The molecule has 1 fully saturated rings. The van der Waals surface area contributed by atoms with Gasteiger partial charge in [-0.25, -0.2) is 0 Å². The van der Waals surface area contributed by atoms with E-state index in [2.05, 4.69) is 6.92 Å². The van der Waals surface area contributed by atoms with Gasteiger partial charge in [-0.2, -0.15) is 0 Å². The van der Waals surface area contributed by atoms with Crippen molar-refractivity contribution in [1.29, 1.82) is 0 Å². The maximum Gasteiger partial charge on any atom is 0.234 e. The summed E-state index contributed by atoms with van der Waals surface area (Å²) in [5.74, 6) is 3.27. The quantitative estimate of drug-likeness (QED) is 0.818. The van der Waals surface area contributed by atoms with Crippen molar-refractivity contribution in [2.75, 3.05) is 18.9 Å². The topological polar surface area (TPSA) is 42.7 Å². The Hall–Kier alpha value is -1.88. The number of para-hydroxylation sites is 1. The van der Waals surface area contributed by atoms with E-state index in [1.807, 2.05) is 47.4 Å². The summed E-state index contributed by atoms with van der Waals surface area (Å²) in [4.78, 5) is 13.9. The molecule has 0 N–H and O–H groups in total. The fourth-order valence-corrected chi connectivity index (χ4v) is 3.59. The second-order valence-corrected chi connectivity index (χ2v) is 6.14. The maximum atomic E-state index is 12.1. The third-order valence-corrected chi connectivity index (χ3v) is 4.80. The zero-order valence-corrected chi connectivity index (χ0v) is 13.3. The minimum Gasteiger partial charge on any atom is -0.492 e. The Morgan fingerprint density at radius 2 is 2.09 bits per heavy atom. The van der Waals surface area contributed by atoms with Gasteiger partial charge in [0.15, 0.2) is 0 Å². The van der Waals surface area contributed by atoms with E-state index in [4.69, 9.17) is 9.15 Å². The predicted molar refractivity (Wildman–Crippen MR) is 86.9 cm³/mol. The third-order valence-electron chi connectivity index (χ3n) is 3.59. The largest absolute Gasteiger partial charge is 0.492 e. The van der Waals surface area contributed by atoms with Gasteiger partial charge < -0.3 is 14.1 Å². The second kappa shape index (κ2) is 6.92. The van der Waals surface area contributed by atoms with Crippen LogP contribution in [0.5, 0.6) is 5.75 Å². The monoisotopic (exact) mass is 317 g/mol. The average molecular weight is 317 g/mol.